The van der Waals surface area contributed by atoms with Gasteiger partial charge in [-0.25, -0.2) is 0 Å². The normalized spacial score (nSPS) is 15.8. The molecule has 1 amide bonds. The summed E-state index contributed by atoms with van der Waals surface area (Å²) in [6.07, 6.45) is 1.69. The molecule has 0 heterocycles. The molecule has 1 aliphatic carbocycles. The summed E-state index contributed by atoms with van der Waals surface area (Å²) in [4.78, 5) is 11.5. The van der Waals surface area contributed by atoms with Crippen molar-refractivity contribution >= 4 is 5.91 Å². The van der Waals surface area contributed by atoms with Crippen LogP contribution in [-0.2, 0) is 10.3 Å². The van der Waals surface area contributed by atoms with Gasteiger partial charge in [-0.1, -0.05) is 18.2 Å². The second-order valence-electron chi connectivity index (χ2n) is 4.17. The zero-order chi connectivity index (χ0) is 12.3. The quantitative estimate of drug-likeness (QED) is 0.856. The lowest BCUT2D eigenvalue weighted by molar-refractivity contribution is -0.121. The lowest BCUT2D eigenvalue weighted by Gasteiger charge is -2.19. The number of para-hydroxylation sites is 1. The van der Waals surface area contributed by atoms with Gasteiger partial charge in [0.15, 0.2) is 0 Å². The van der Waals surface area contributed by atoms with Gasteiger partial charge in [-0.2, -0.15) is 5.26 Å². The van der Waals surface area contributed by atoms with Crippen LogP contribution >= 0.6 is 0 Å². The number of hydrogen-bond donors (Lipinski definition) is 1. The Morgan fingerprint density at radius 2 is 2.24 bits per heavy atom. The molecule has 1 aromatic rings. The second-order valence-corrected chi connectivity index (χ2v) is 4.17. The summed E-state index contributed by atoms with van der Waals surface area (Å²) in [5.74, 6) is 0.554. The van der Waals surface area contributed by atoms with Gasteiger partial charge in [0.05, 0.1) is 18.7 Å². The van der Waals surface area contributed by atoms with E-state index in [1.54, 1.807) is 7.11 Å². The number of nitrogens with one attached hydrogen (secondary N) is 1. The Bertz CT molecular complexity index is 473. The van der Waals surface area contributed by atoms with Gasteiger partial charge in [0.1, 0.15) is 12.2 Å². The van der Waals surface area contributed by atoms with E-state index in [-0.39, 0.29) is 17.9 Å². The number of hydrogen-bond acceptors (Lipinski definition) is 3. The van der Waals surface area contributed by atoms with Crippen molar-refractivity contribution in [1.29, 1.82) is 5.26 Å². The number of carbonyl (C=O) groups is 1. The fourth-order valence-corrected chi connectivity index (χ4v) is 2.01. The van der Waals surface area contributed by atoms with E-state index in [1.165, 1.54) is 0 Å². The summed E-state index contributed by atoms with van der Waals surface area (Å²) in [7, 11) is 1.62. The minimum atomic E-state index is -0.319. The first-order valence-corrected chi connectivity index (χ1v) is 5.53. The zero-order valence-electron chi connectivity index (χ0n) is 9.69. The van der Waals surface area contributed by atoms with Crippen LogP contribution in [0.15, 0.2) is 24.3 Å². The number of carbonyl (C=O) groups excluding carboxylic acids is 1. The predicted molar refractivity (Wildman–Crippen MR) is 62.3 cm³/mol. The molecule has 4 heteroatoms. The van der Waals surface area contributed by atoms with Gasteiger partial charge in [-0.3, -0.25) is 4.79 Å². The van der Waals surface area contributed by atoms with Crippen LogP contribution in [0.1, 0.15) is 24.8 Å². The van der Waals surface area contributed by atoms with Crippen LogP contribution in [0.25, 0.3) is 0 Å². The maximum atomic E-state index is 11.5. The van der Waals surface area contributed by atoms with Crippen molar-refractivity contribution in [3.05, 3.63) is 29.8 Å². The molecule has 1 aliphatic rings. The zero-order valence-corrected chi connectivity index (χ0v) is 9.69. The van der Waals surface area contributed by atoms with Gasteiger partial charge in [0, 0.05) is 5.56 Å². The molecule has 17 heavy (non-hydrogen) atoms. The Kier molecular flexibility index (Phi) is 3.01. The van der Waals surface area contributed by atoms with Crippen molar-refractivity contribution in [2.75, 3.05) is 7.11 Å². The third-order valence-electron chi connectivity index (χ3n) is 2.99. The first-order chi connectivity index (χ1) is 8.22. The Morgan fingerprint density at radius 3 is 2.82 bits per heavy atom. The summed E-state index contributed by atoms with van der Waals surface area (Å²) in [6.45, 7) is 0. The number of amides is 1. The number of ether oxygens (including phenoxy) is 1. The van der Waals surface area contributed by atoms with E-state index < -0.39 is 0 Å². The lowest BCUT2D eigenvalue weighted by Crippen LogP contribution is -2.34. The second kappa shape index (κ2) is 4.46. The Hall–Kier alpha value is -2.02. The van der Waals surface area contributed by atoms with Crippen molar-refractivity contribution in [2.45, 2.75) is 24.8 Å². The summed E-state index contributed by atoms with van der Waals surface area (Å²) in [5.41, 5.74) is 0.675. The van der Waals surface area contributed by atoms with Gasteiger partial charge in [-0.15, -0.1) is 0 Å². The van der Waals surface area contributed by atoms with Crippen LogP contribution in [-0.4, -0.2) is 13.0 Å². The van der Waals surface area contributed by atoms with Crippen LogP contribution in [0.4, 0.5) is 0 Å². The van der Waals surface area contributed by atoms with Gasteiger partial charge < -0.3 is 10.1 Å². The highest BCUT2D eigenvalue weighted by Crippen LogP contribution is 2.48. The summed E-state index contributed by atoms with van der Waals surface area (Å²) in [6, 6.07) is 9.52. The highest BCUT2D eigenvalue weighted by atomic mass is 16.5. The molecular formula is C13H14N2O2. The topological polar surface area (TPSA) is 62.1 Å². The Morgan fingerprint density at radius 1 is 1.53 bits per heavy atom. The molecule has 0 bridgehead atoms. The molecule has 0 aliphatic heterocycles. The molecule has 0 aromatic heterocycles. The summed E-state index contributed by atoms with van der Waals surface area (Å²) in [5, 5.41) is 11.4. The van der Waals surface area contributed by atoms with E-state index in [0.717, 1.165) is 24.2 Å². The Labute approximate surface area is 100 Å². The fraction of sp³-hybridized carbons (Fsp3) is 0.385. The highest BCUT2D eigenvalue weighted by Gasteiger charge is 2.47. The molecule has 1 aromatic carbocycles. The maximum absolute atomic E-state index is 11.5. The first kappa shape index (κ1) is 11.5. The van der Waals surface area contributed by atoms with Crippen LogP contribution in [0.5, 0.6) is 5.75 Å². The van der Waals surface area contributed by atoms with E-state index >= 15 is 0 Å². The van der Waals surface area contributed by atoms with Crippen LogP contribution < -0.4 is 10.1 Å². The van der Waals surface area contributed by atoms with Gasteiger partial charge in [0.2, 0.25) is 5.91 Å². The molecule has 88 valence electrons. The largest absolute Gasteiger partial charge is 0.496 e. The molecule has 0 saturated heterocycles. The average Bonchev–Trinajstić information content (AvgIpc) is 3.10. The smallest absolute Gasteiger partial charge is 0.234 e. The van der Waals surface area contributed by atoms with Crippen LogP contribution in [0.2, 0.25) is 0 Å². The third kappa shape index (κ3) is 2.23. The molecular weight excluding hydrogens is 216 g/mol. The maximum Gasteiger partial charge on any atom is 0.234 e. The molecule has 0 unspecified atom stereocenters. The van der Waals surface area contributed by atoms with Crippen molar-refractivity contribution in [1.82, 2.24) is 5.32 Å². The van der Waals surface area contributed by atoms with Crippen LogP contribution in [0, 0.1) is 11.3 Å². The van der Waals surface area contributed by atoms with Crippen LogP contribution in [0.3, 0.4) is 0 Å². The molecule has 0 spiro atoms. The van der Waals surface area contributed by atoms with E-state index in [0.29, 0.717) is 0 Å². The minimum Gasteiger partial charge on any atom is -0.496 e. The van der Waals surface area contributed by atoms with Gasteiger partial charge in [-0.05, 0) is 18.9 Å². The molecule has 0 atom stereocenters. The van der Waals surface area contributed by atoms with E-state index in [4.69, 9.17) is 10.00 Å². The lowest BCUT2D eigenvalue weighted by atomic mass is 10.0. The van der Waals surface area contributed by atoms with Gasteiger partial charge in [0.25, 0.3) is 0 Å². The third-order valence-corrected chi connectivity index (χ3v) is 2.99. The minimum absolute atomic E-state index is 0.100. The molecule has 0 radical (unpaired) electrons. The van der Waals surface area contributed by atoms with Gasteiger partial charge >= 0.3 is 0 Å². The molecule has 2 rings (SSSR count). The molecule has 1 saturated carbocycles. The van der Waals surface area contributed by atoms with Crippen molar-refractivity contribution in [3.63, 3.8) is 0 Å². The number of nitrogens with zero attached hydrogens (tertiary/aromatic N) is 1. The number of methoxy groups -OCH3 is 1. The number of benzene rings is 1. The average molecular weight is 230 g/mol. The van der Waals surface area contributed by atoms with E-state index in [9.17, 15) is 4.79 Å². The SMILES string of the molecule is COc1ccccc1C1(NC(=O)CC#N)CC1. The standard InChI is InChI=1S/C13H14N2O2/c1-17-11-5-3-2-4-10(11)13(7-8-13)15-12(16)6-9-14/h2-5H,6-8H2,1H3,(H,15,16). The predicted octanol–water partition coefficient (Wildman–Crippen LogP) is 1.71. The van der Waals surface area contributed by atoms with E-state index in [1.807, 2.05) is 30.3 Å². The summed E-state index contributed by atoms with van der Waals surface area (Å²) < 4.78 is 5.30. The molecule has 4 nitrogen and oxygen atoms in total. The molecule has 1 fully saturated rings. The highest BCUT2D eigenvalue weighted by molar-refractivity contribution is 5.79. The van der Waals surface area contributed by atoms with Crippen molar-refractivity contribution in [2.24, 2.45) is 0 Å². The summed E-state index contributed by atoms with van der Waals surface area (Å²) >= 11 is 0. The Balaban J connectivity index is 2.21. The first-order valence-electron chi connectivity index (χ1n) is 5.53. The monoisotopic (exact) mass is 230 g/mol. The van der Waals surface area contributed by atoms with E-state index in [2.05, 4.69) is 5.32 Å². The fourth-order valence-electron chi connectivity index (χ4n) is 2.01. The number of rotatable bonds is 4. The number of nitriles is 1. The molecule has 1 N–H and O–H groups in total. The van der Waals surface area contributed by atoms with Crippen molar-refractivity contribution in [3.8, 4) is 11.8 Å². The van der Waals surface area contributed by atoms with Crippen molar-refractivity contribution < 1.29 is 9.53 Å².